The molecule has 1 aromatic heterocycles. The molecule has 0 saturated carbocycles. The van der Waals surface area contributed by atoms with Crippen molar-refractivity contribution < 1.29 is 5.11 Å². The standard InChI is InChI=1S/C8H10Cl2N4O/c9-6-7(11-8(10)13-12-6)14-3-1-2-5(15)4-14/h5,15H,1-4H2. The number of hydrogen-bond donors (Lipinski definition) is 1. The third kappa shape index (κ3) is 2.48. The van der Waals surface area contributed by atoms with Crippen LogP contribution in [-0.2, 0) is 0 Å². The van der Waals surface area contributed by atoms with Gasteiger partial charge in [-0.1, -0.05) is 11.6 Å². The highest BCUT2D eigenvalue weighted by Gasteiger charge is 2.21. The second-order valence-electron chi connectivity index (χ2n) is 3.44. The van der Waals surface area contributed by atoms with E-state index in [1.54, 1.807) is 0 Å². The molecule has 15 heavy (non-hydrogen) atoms. The summed E-state index contributed by atoms with van der Waals surface area (Å²) < 4.78 is 0. The minimum atomic E-state index is -0.344. The zero-order chi connectivity index (χ0) is 10.8. The Bertz CT molecular complexity index is 362. The maximum atomic E-state index is 9.52. The molecule has 0 aliphatic carbocycles. The number of halogens is 2. The molecule has 1 aliphatic rings. The van der Waals surface area contributed by atoms with Crippen molar-refractivity contribution in [2.24, 2.45) is 0 Å². The lowest BCUT2D eigenvalue weighted by Crippen LogP contribution is -2.39. The number of rotatable bonds is 1. The topological polar surface area (TPSA) is 62.1 Å². The van der Waals surface area contributed by atoms with Crippen LogP contribution in [0.25, 0.3) is 0 Å². The van der Waals surface area contributed by atoms with Gasteiger partial charge in [-0.05, 0) is 24.4 Å². The second kappa shape index (κ2) is 4.47. The van der Waals surface area contributed by atoms with Crippen LogP contribution in [0.2, 0.25) is 10.4 Å². The predicted molar refractivity (Wildman–Crippen MR) is 57.3 cm³/mol. The Labute approximate surface area is 97.0 Å². The molecule has 0 spiro atoms. The fraction of sp³-hybridized carbons (Fsp3) is 0.625. The van der Waals surface area contributed by atoms with Crippen LogP contribution in [-0.4, -0.2) is 39.5 Å². The molecular weight excluding hydrogens is 239 g/mol. The number of nitrogens with zero attached hydrogens (tertiary/aromatic N) is 4. The molecule has 1 aromatic rings. The largest absolute Gasteiger partial charge is 0.391 e. The summed E-state index contributed by atoms with van der Waals surface area (Å²) in [4.78, 5) is 5.88. The first-order valence-electron chi connectivity index (χ1n) is 4.65. The summed E-state index contributed by atoms with van der Waals surface area (Å²) in [5, 5.41) is 17.0. The fourth-order valence-electron chi connectivity index (χ4n) is 1.63. The van der Waals surface area contributed by atoms with Crippen LogP contribution in [0.3, 0.4) is 0 Å². The number of piperidine rings is 1. The molecule has 0 amide bonds. The molecule has 82 valence electrons. The van der Waals surface area contributed by atoms with Gasteiger partial charge in [0.05, 0.1) is 6.10 Å². The van der Waals surface area contributed by atoms with Crippen molar-refractivity contribution in [3.63, 3.8) is 0 Å². The maximum absolute atomic E-state index is 9.52. The minimum absolute atomic E-state index is 0.0643. The summed E-state index contributed by atoms with van der Waals surface area (Å²) in [7, 11) is 0. The molecule has 1 N–H and O–H groups in total. The number of anilines is 1. The van der Waals surface area contributed by atoms with Crippen molar-refractivity contribution in [1.29, 1.82) is 0 Å². The fourth-order valence-corrected chi connectivity index (χ4v) is 1.95. The lowest BCUT2D eigenvalue weighted by Gasteiger charge is -2.30. The quantitative estimate of drug-likeness (QED) is 0.808. The SMILES string of the molecule is OC1CCCN(c2nc(Cl)nnc2Cl)C1. The van der Waals surface area contributed by atoms with Crippen molar-refractivity contribution in [2.45, 2.75) is 18.9 Å². The average molecular weight is 249 g/mol. The highest BCUT2D eigenvalue weighted by Crippen LogP contribution is 2.24. The van der Waals surface area contributed by atoms with Gasteiger partial charge in [0, 0.05) is 13.1 Å². The molecule has 1 unspecified atom stereocenters. The van der Waals surface area contributed by atoms with Crippen LogP contribution in [0, 0.1) is 0 Å². The third-order valence-electron chi connectivity index (χ3n) is 2.30. The highest BCUT2D eigenvalue weighted by atomic mass is 35.5. The first-order chi connectivity index (χ1) is 7.16. The van der Waals surface area contributed by atoms with Gasteiger partial charge in [-0.25, -0.2) is 0 Å². The Morgan fingerprint density at radius 2 is 2.13 bits per heavy atom. The summed E-state index contributed by atoms with van der Waals surface area (Å²) in [6.45, 7) is 1.31. The van der Waals surface area contributed by atoms with E-state index >= 15 is 0 Å². The van der Waals surface area contributed by atoms with Crippen molar-refractivity contribution in [2.75, 3.05) is 18.0 Å². The van der Waals surface area contributed by atoms with Gasteiger partial charge in [-0.2, -0.15) is 4.98 Å². The number of aliphatic hydroxyl groups excluding tert-OH is 1. The number of β-amino-alcohol motifs (C(OH)–C–C–N with tert-alkyl or cyclic N) is 1. The number of aromatic nitrogens is 3. The zero-order valence-corrected chi connectivity index (χ0v) is 9.41. The predicted octanol–water partition coefficient (Wildman–Crippen LogP) is 1.14. The summed E-state index contributed by atoms with van der Waals surface area (Å²) in [6.07, 6.45) is 1.36. The molecule has 2 rings (SSSR count). The number of hydrogen-bond acceptors (Lipinski definition) is 5. The molecule has 0 radical (unpaired) electrons. The third-order valence-corrected chi connectivity index (χ3v) is 2.70. The lowest BCUT2D eigenvalue weighted by molar-refractivity contribution is 0.154. The monoisotopic (exact) mass is 248 g/mol. The van der Waals surface area contributed by atoms with Crippen molar-refractivity contribution in [1.82, 2.24) is 15.2 Å². The molecule has 1 atom stereocenters. The van der Waals surface area contributed by atoms with Gasteiger partial charge in [0.25, 0.3) is 0 Å². The van der Waals surface area contributed by atoms with Gasteiger partial charge in [-0.3, -0.25) is 0 Å². The van der Waals surface area contributed by atoms with E-state index in [1.807, 2.05) is 4.90 Å². The van der Waals surface area contributed by atoms with Crippen molar-refractivity contribution in [3.8, 4) is 0 Å². The van der Waals surface area contributed by atoms with Gasteiger partial charge in [-0.15, -0.1) is 10.2 Å². The van der Waals surface area contributed by atoms with E-state index in [9.17, 15) is 5.11 Å². The van der Waals surface area contributed by atoms with E-state index in [4.69, 9.17) is 23.2 Å². The lowest BCUT2D eigenvalue weighted by atomic mass is 10.1. The van der Waals surface area contributed by atoms with E-state index in [0.29, 0.717) is 12.4 Å². The Morgan fingerprint density at radius 1 is 1.33 bits per heavy atom. The summed E-state index contributed by atoms with van der Waals surface area (Å²) in [5.74, 6) is 0.496. The first-order valence-corrected chi connectivity index (χ1v) is 5.41. The number of aliphatic hydroxyl groups is 1. The smallest absolute Gasteiger partial charge is 0.245 e. The molecule has 1 fully saturated rings. The van der Waals surface area contributed by atoms with Crippen LogP contribution in [0.15, 0.2) is 0 Å². The molecule has 5 nitrogen and oxygen atoms in total. The van der Waals surface area contributed by atoms with Crippen LogP contribution in [0.4, 0.5) is 5.82 Å². The maximum Gasteiger partial charge on any atom is 0.245 e. The van der Waals surface area contributed by atoms with E-state index < -0.39 is 0 Å². The van der Waals surface area contributed by atoms with Crippen molar-refractivity contribution in [3.05, 3.63) is 10.4 Å². The Morgan fingerprint density at radius 3 is 2.87 bits per heavy atom. The Balaban J connectivity index is 2.24. The van der Waals surface area contributed by atoms with Crippen LogP contribution in [0.1, 0.15) is 12.8 Å². The highest BCUT2D eigenvalue weighted by molar-refractivity contribution is 6.32. The second-order valence-corrected chi connectivity index (χ2v) is 4.13. The van der Waals surface area contributed by atoms with Gasteiger partial charge in [0.15, 0.2) is 11.0 Å². The summed E-state index contributed by atoms with van der Waals surface area (Å²) in [5.41, 5.74) is 0. The van der Waals surface area contributed by atoms with Crippen LogP contribution < -0.4 is 4.90 Å². The molecule has 1 aliphatic heterocycles. The molecule has 7 heteroatoms. The van der Waals surface area contributed by atoms with Crippen LogP contribution in [0.5, 0.6) is 0 Å². The van der Waals surface area contributed by atoms with Gasteiger partial charge >= 0.3 is 0 Å². The normalized spacial score (nSPS) is 21.8. The van der Waals surface area contributed by atoms with Gasteiger partial charge < -0.3 is 10.0 Å². The molecular formula is C8H10Cl2N4O. The summed E-state index contributed by atoms with van der Waals surface area (Å²) >= 11 is 11.5. The van der Waals surface area contributed by atoms with Crippen molar-refractivity contribution >= 4 is 29.0 Å². The zero-order valence-electron chi connectivity index (χ0n) is 7.90. The molecule has 2 heterocycles. The van der Waals surface area contributed by atoms with E-state index in [-0.39, 0.29) is 16.5 Å². The van der Waals surface area contributed by atoms with E-state index in [1.165, 1.54) is 0 Å². The Hall–Kier alpha value is -0.650. The molecule has 0 aromatic carbocycles. The first kappa shape index (κ1) is 10.9. The Kier molecular flexibility index (Phi) is 3.23. The van der Waals surface area contributed by atoms with E-state index in [0.717, 1.165) is 19.4 Å². The molecule has 1 saturated heterocycles. The van der Waals surface area contributed by atoms with Gasteiger partial charge in [0.2, 0.25) is 5.28 Å². The minimum Gasteiger partial charge on any atom is -0.391 e. The van der Waals surface area contributed by atoms with E-state index in [2.05, 4.69) is 15.2 Å². The average Bonchev–Trinajstić information content (AvgIpc) is 2.22. The van der Waals surface area contributed by atoms with Crippen LogP contribution >= 0.6 is 23.2 Å². The van der Waals surface area contributed by atoms with Gasteiger partial charge in [0.1, 0.15) is 0 Å². The summed E-state index contributed by atoms with van der Waals surface area (Å²) in [6, 6.07) is 0. The molecule has 0 bridgehead atoms.